The fourth-order valence-electron chi connectivity index (χ4n) is 4.49. The fourth-order valence-corrected chi connectivity index (χ4v) is 4.49. The largest absolute Gasteiger partial charge is 0.377 e. The number of hydrogen-bond donors (Lipinski definition) is 1. The van der Waals surface area contributed by atoms with Crippen LogP contribution >= 0.6 is 0 Å². The normalized spacial score (nSPS) is 30.3. The molecule has 5 heteroatoms. The summed E-state index contributed by atoms with van der Waals surface area (Å²) in [6.45, 7) is 6.75. The van der Waals surface area contributed by atoms with Crippen LogP contribution in [0.5, 0.6) is 0 Å². The van der Waals surface area contributed by atoms with Crippen molar-refractivity contribution in [3.63, 3.8) is 0 Å². The molecule has 3 rings (SSSR count). The van der Waals surface area contributed by atoms with Crippen molar-refractivity contribution in [2.45, 2.75) is 64.9 Å². The average molecular weight is 348 g/mol. The van der Waals surface area contributed by atoms with Crippen LogP contribution < -0.4 is 5.73 Å². The first-order valence-corrected chi connectivity index (χ1v) is 9.75. The van der Waals surface area contributed by atoms with Crippen molar-refractivity contribution in [2.24, 2.45) is 23.0 Å². The van der Waals surface area contributed by atoms with Crippen molar-refractivity contribution in [2.75, 3.05) is 19.7 Å². The van der Waals surface area contributed by atoms with Gasteiger partial charge in [-0.15, -0.1) is 0 Å². The van der Waals surface area contributed by atoms with Crippen molar-refractivity contribution in [3.05, 3.63) is 11.6 Å². The molecule has 25 heavy (non-hydrogen) atoms. The number of carbonyl (C=O) groups is 2. The van der Waals surface area contributed by atoms with E-state index in [1.807, 2.05) is 11.0 Å². The van der Waals surface area contributed by atoms with Gasteiger partial charge >= 0.3 is 0 Å². The predicted octanol–water partition coefficient (Wildman–Crippen LogP) is 2.64. The van der Waals surface area contributed by atoms with Crippen LogP contribution in [0.3, 0.4) is 0 Å². The van der Waals surface area contributed by atoms with Gasteiger partial charge in [0.05, 0.1) is 12.0 Å². The van der Waals surface area contributed by atoms with Gasteiger partial charge in [-0.05, 0) is 56.3 Å². The Kier molecular flexibility index (Phi) is 5.52. The first-order chi connectivity index (χ1) is 11.9. The summed E-state index contributed by atoms with van der Waals surface area (Å²) in [5.74, 6) is 0.102. The van der Waals surface area contributed by atoms with E-state index in [1.54, 1.807) is 0 Å². The molecule has 0 radical (unpaired) electrons. The van der Waals surface area contributed by atoms with Crippen LogP contribution in [0.15, 0.2) is 11.6 Å². The lowest BCUT2D eigenvalue weighted by molar-refractivity contribution is -0.130. The smallest absolute Gasteiger partial charge is 0.246 e. The van der Waals surface area contributed by atoms with Crippen molar-refractivity contribution in [3.8, 4) is 0 Å². The third kappa shape index (κ3) is 4.43. The molecular weight excluding hydrogens is 316 g/mol. The van der Waals surface area contributed by atoms with Gasteiger partial charge in [0.15, 0.2) is 0 Å². The van der Waals surface area contributed by atoms with Crippen LogP contribution in [0.4, 0.5) is 0 Å². The zero-order chi connectivity index (χ0) is 18.0. The van der Waals surface area contributed by atoms with E-state index in [4.69, 9.17) is 10.5 Å². The fraction of sp³-hybridized carbons (Fsp3) is 0.800. The summed E-state index contributed by atoms with van der Waals surface area (Å²) in [6, 6.07) is 0. The lowest BCUT2D eigenvalue weighted by Gasteiger charge is -2.36. The summed E-state index contributed by atoms with van der Waals surface area (Å²) in [5, 5.41) is 0. The van der Waals surface area contributed by atoms with Gasteiger partial charge in [0.1, 0.15) is 0 Å². The molecular formula is C20H32N2O3. The second-order valence-electron chi connectivity index (χ2n) is 8.76. The highest BCUT2D eigenvalue weighted by Crippen LogP contribution is 2.38. The molecule has 2 N–H and O–H groups in total. The number of hydrogen-bond acceptors (Lipinski definition) is 3. The Labute approximate surface area is 151 Å². The Morgan fingerprint density at radius 3 is 2.40 bits per heavy atom. The summed E-state index contributed by atoms with van der Waals surface area (Å²) in [5.41, 5.74) is 7.22. The van der Waals surface area contributed by atoms with E-state index in [-0.39, 0.29) is 23.8 Å². The van der Waals surface area contributed by atoms with Crippen molar-refractivity contribution in [1.29, 1.82) is 0 Å². The minimum atomic E-state index is -0.244. The number of carbonyl (C=O) groups excluding carboxylic acids is 2. The molecule has 0 aromatic heterocycles. The molecule has 2 amide bonds. The minimum Gasteiger partial charge on any atom is -0.377 e. The number of nitrogens with zero attached hydrogens (tertiary/aromatic N) is 1. The number of ether oxygens (including phenoxy) is 1. The molecule has 0 aromatic rings. The molecule has 0 unspecified atom stereocenters. The Balaban J connectivity index is 1.50. The van der Waals surface area contributed by atoms with Gasteiger partial charge in [0, 0.05) is 25.8 Å². The van der Waals surface area contributed by atoms with Crippen LogP contribution in [0, 0.1) is 17.3 Å². The Morgan fingerprint density at radius 2 is 1.80 bits per heavy atom. The number of amides is 2. The molecule has 2 aliphatic heterocycles. The Hall–Kier alpha value is -1.36. The third-order valence-corrected chi connectivity index (χ3v) is 6.39. The third-order valence-electron chi connectivity index (χ3n) is 6.39. The minimum absolute atomic E-state index is 0.0475. The van der Waals surface area contributed by atoms with E-state index in [0.29, 0.717) is 17.9 Å². The van der Waals surface area contributed by atoms with Crippen LogP contribution in [0.2, 0.25) is 0 Å². The lowest BCUT2D eigenvalue weighted by atomic mass is 9.75. The highest BCUT2D eigenvalue weighted by Gasteiger charge is 2.39. The Morgan fingerprint density at radius 1 is 1.16 bits per heavy atom. The maximum atomic E-state index is 12.6. The zero-order valence-electron chi connectivity index (χ0n) is 15.6. The van der Waals surface area contributed by atoms with Gasteiger partial charge in [-0.3, -0.25) is 9.59 Å². The second kappa shape index (κ2) is 7.48. The number of rotatable bonds is 3. The predicted molar refractivity (Wildman–Crippen MR) is 96.7 cm³/mol. The first-order valence-electron chi connectivity index (χ1n) is 9.75. The number of nitrogens with two attached hydrogens (primary N) is 1. The average Bonchev–Trinajstić information content (AvgIpc) is 3.07. The number of allylic oxidation sites excluding steroid dienone is 1. The van der Waals surface area contributed by atoms with Gasteiger partial charge in [-0.2, -0.15) is 0 Å². The molecule has 2 heterocycles. The molecule has 1 saturated carbocycles. The molecule has 140 valence electrons. The summed E-state index contributed by atoms with van der Waals surface area (Å²) in [6.07, 6.45) is 8.80. The van der Waals surface area contributed by atoms with Gasteiger partial charge in [-0.25, -0.2) is 0 Å². The first kappa shape index (κ1) is 18.4. The van der Waals surface area contributed by atoms with E-state index in [2.05, 4.69) is 13.8 Å². The van der Waals surface area contributed by atoms with Gasteiger partial charge < -0.3 is 15.4 Å². The van der Waals surface area contributed by atoms with Crippen molar-refractivity contribution < 1.29 is 14.3 Å². The molecule has 1 aliphatic carbocycles. The molecule has 0 bridgehead atoms. The van der Waals surface area contributed by atoms with Crippen molar-refractivity contribution >= 4 is 11.8 Å². The maximum absolute atomic E-state index is 12.6. The van der Waals surface area contributed by atoms with Gasteiger partial charge in [0.2, 0.25) is 11.8 Å². The van der Waals surface area contributed by atoms with Crippen LogP contribution in [0.1, 0.15) is 58.8 Å². The molecule has 0 spiro atoms. The van der Waals surface area contributed by atoms with Crippen LogP contribution in [-0.4, -0.2) is 42.5 Å². The number of likely N-dealkylation sites (tertiary alicyclic amines) is 1. The maximum Gasteiger partial charge on any atom is 0.246 e. The number of piperidine rings is 1. The SMILES string of the molecule is CC1(C)CCC(=CC(=O)N2CCC([C@H]3OCC[C@@H]3C(N)=O)CC2)CC1. The monoisotopic (exact) mass is 348 g/mol. The molecule has 2 saturated heterocycles. The topological polar surface area (TPSA) is 72.6 Å². The Bertz CT molecular complexity index is 535. The summed E-state index contributed by atoms with van der Waals surface area (Å²) >= 11 is 0. The van der Waals surface area contributed by atoms with Gasteiger partial charge in [0.25, 0.3) is 0 Å². The van der Waals surface area contributed by atoms with Crippen molar-refractivity contribution in [1.82, 2.24) is 4.90 Å². The standard InChI is InChI=1S/C20H32N2O3/c1-20(2)8-3-14(4-9-20)13-17(23)22-10-5-15(6-11-22)18-16(19(21)24)7-12-25-18/h13,15-16,18H,3-12H2,1-2H3,(H2,21,24)/t16-,18+/m0/s1. The van der Waals surface area contributed by atoms with E-state index < -0.39 is 0 Å². The second-order valence-corrected chi connectivity index (χ2v) is 8.76. The molecule has 0 aromatic carbocycles. The van der Waals surface area contributed by atoms with E-state index >= 15 is 0 Å². The zero-order valence-corrected chi connectivity index (χ0v) is 15.6. The van der Waals surface area contributed by atoms with E-state index in [0.717, 1.165) is 45.2 Å². The lowest BCUT2D eigenvalue weighted by Crippen LogP contribution is -2.43. The van der Waals surface area contributed by atoms with E-state index in [1.165, 1.54) is 18.4 Å². The summed E-state index contributed by atoms with van der Waals surface area (Å²) in [7, 11) is 0. The molecule has 3 aliphatic rings. The van der Waals surface area contributed by atoms with Gasteiger partial charge in [-0.1, -0.05) is 19.4 Å². The van der Waals surface area contributed by atoms with Crippen LogP contribution in [0.25, 0.3) is 0 Å². The quantitative estimate of drug-likeness (QED) is 0.797. The molecule has 5 nitrogen and oxygen atoms in total. The summed E-state index contributed by atoms with van der Waals surface area (Å²) in [4.78, 5) is 26.1. The van der Waals surface area contributed by atoms with Crippen LogP contribution in [-0.2, 0) is 14.3 Å². The highest BCUT2D eigenvalue weighted by atomic mass is 16.5. The molecule has 2 atom stereocenters. The highest BCUT2D eigenvalue weighted by molar-refractivity contribution is 5.88. The summed E-state index contributed by atoms with van der Waals surface area (Å²) < 4.78 is 5.79. The van der Waals surface area contributed by atoms with E-state index in [9.17, 15) is 9.59 Å². The number of primary amides is 1. The molecule has 3 fully saturated rings.